The van der Waals surface area contributed by atoms with Gasteiger partial charge in [0.1, 0.15) is 0 Å². The number of nitrogens with zero attached hydrogens (tertiary/aromatic N) is 2. The van der Waals surface area contributed by atoms with Gasteiger partial charge in [0.15, 0.2) is 0 Å². The molecular formula is C13H20ClN3O2. The standard InChI is InChI=1S/C13H20ClN3O2/c1-18-10-7-11(19-2)17-12(16-10)15-9-13(8-14)5-3-4-6-13/h7H,3-6,8-9H2,1-2H3,(H,15,16,17). The van der Waals surface area contributed by atoms with Crippen LogP contribution in [0.15, 0.2) is 6.07 Å². The molecule has 0 atom stereocenters. The lowest BCUT2D eigenvalue weighted by molar-refractivity contribution is 0.361. The van der Waals surface area contributed by atoms with Gasteiger partial charge in [-0.3, -0.25) is 0 Å². The van der Waals surface area contributed by atoms with Gasteiger partial charge in [-0.15, -0.1) is 11.6 Å². The number of aromatic nitrogens is 2. The maximum Gasteiger partial charge on any atom is 0.229 e. The van der Waals surface area contributed by atoms with Crippen molar-refractivity contribution in [3.8, 4) is 11.8 Å². The highest BCUT2D eigenvalue weighted by Gasteiger charge is 2.33. The van der Waals surface area contributed by atoms with Gasteiger partial charge < -0.3 is 14.8 Å². The Morgan fingerprint density at radius 2 is 1.79 bits per heavy atom. The van der Waals surface area contributed by atoms with E-state index >= 15 is 0 Å². The van der Waals surface area contributed by atoms with Crippen molar-refractivity contribution in [2.75, 3.05) is 32.0 Å². The largest absolute Gasteiger partial charge is 0.481 e. The smallest absolute Gasteiger partial charge is 0.229 e. The molecular weight excluding hydrogens is 266 g/mol. The molecule has 1 aliphatic carbocycles. The average molecular weight is 286 g/mol. The van der Waals surface area contributed by atoms with Crippen LogP contribution >= 0.6 is 11.6 Å². The Bertz CT molecular complexity index is 400. The van der Waals surface area contributed by atoms with Crippen LogP contribution in [0, 0.1) is 5.41 Å². The van der Waals surface area contributed by atoms with E-state index in [-0.39, 0.29) is 5.41 Å². The maximum atomic E-state index is 6.12. The molecule has 0 amide bonds. The van der Waals surface area contributed by atoms with Gasteiger partial charge in [0.25, 0.3) is 0 Å². The van der Waals surface area contributed by atoms with Gasteiger partial charge >= 0.3 is 0 Å². The van der Waals surface area contributed by atoms with Crippen molar-refractivity contribution in [1.82, 2.24) is 9.97 Å². The van der Waals surface area contributed by atoms with Crippen LogP contribution in [0.3, 0.4) is 0 Å². The van der Waals surface area contributed by atoms with Crippen molar-refractivity contribution in [3.63, 3.8) is 0 Å². The highest BCUT2D eigenvalue weighted by atomic mass is 35.5. The molecule has 0 unspecified atom stereocenters. The second-order valence-electron chi connectivity index (χ2n) is 4.97. The first-order valence-corrected chi connectivity index (χ1v) is 7.02. The lowest BCUT2D eigenvalue weighted by atomic mass is 9.89. The van der Waals surface area contributed by atoms with E-state index in [0.717, 1.165) is 19.4 Å². The van der Waals surface area contributed by atoms with Crippen molar-refractivity contribution < 1.29 is 9.47 Å². The summed E-state index contributed by atoms with van der Waals surface area (Å²) in [5.74, 6) is 2.16. The summed E-state index contributed by atoms with van der Waals surface area (Å²) in [6.45, 7) is 0.785. The molecule has 0 saturated heterocycles. The van der Waals surface area contributed by atoms with Gasteiger partial charge in [0, 0.05) is 17.8 Å². The summed E-state index contributed by atoms with van der Waals surface area (Å²) in [5, 5.41) is 3.26. The zero-order valence-electron chi connectivity index (χ0n) is 11.4. The fourth-order valence-electron chi connectivity index (χ4n) is 2.44. The molecule has 106 valence electrons. The lowest BCUT2D eigenvalue weighted by Gasteiger charge is -2.26. The molecule has 0 radical (unpaired) electrons. The van der Waals surface area contributed by atoms with Gasteiger partial charge in [-0.05, 0) is 12.8 Å². The monoisotopic (exact) mass is 285 g/mol. The normalized spacial score (nSPS) is 17.2. The number of alkyl halides is 1. The van der Waals surface area contributed by atoms with Crippen LogP contribution in [0.25, 0.3) is 0 Å². The summed E-state index contributed by atoms with van der Waals surface area (Å²) in [6, 6.07) is 1.65. The van der Waals surface area contributed by atoms with E-state index in [1.165, 1.54) is 12.8 Å². The SMILES string of the molecule is COc1cc(OC)nc(NCC2(CCl)CCCC2)n1. The molecule has 1 fully saturated rings. The zero-order chi connectivity index (χ0) is 13.7. The van der Waals surface area contributed by atoms with E-state index in [0.29, 0.717) is 23.6 Å². The second kappa shape index (κ2) is 6.28. The van der Waals surface area contributed by atoms with Crippen LogP contribution in [0.1, 0.15) is 25.7 Å². The first-order chi connectivity index (χ1) is 9.21. The summed E-state index contributed by atoms with van der Waals surface area (Å²) in [4.78, 5) is 8.52. The Labute approximate surface area is 118 Å². The molecule has 2 rings (SSSR count). The summed E-state index contributed by atoms with van der Waals surface area (Å²) < 4.78 is 10.2. The molecule has 1 N–H and O–H groups in total. The summed E-state index contributed by atoms with van der Waals surface area (Å²) in [7, 11) is 3.14. The van der Waals surface area contributed by atoms with Crippen LogP contribution in [0.5, 0.6) is 11.8 Å². The topological polar surface area (TPSA) is 56.3 Å². The second-order valence-corrected chi connectivity index (χ2v) is 5.24. The third-order valence-corrected chi connectivity index (χ3v) is 4.23. The van der Waals surface area contributed by atoms with Crippen molar-refractivity contribution in [2.45, 2.75) is 25.7 Å². The molecule has 6 heteroatoms. The number of hydrogen-bond acceptors (Lipinski definition) is 5. The van der Waals surface area contributed by atoms with Gasteiger partial charge in [-0.1, -0.05) is 12.8 Å². The number of hydrogen-bond donors (Lipinski definition) is 1. The number of anilines is 1. The zero-order valence-corrected chi connectivity index (χ0v) is 12.2. The molecule has 1 aromatic rings. The molecule has 0 aliphatic heterocycles. The molecule has 0 spiro atoms. The minimum atomic E-state index is 0.168. The number of halogens is 1. The van der Waals surface area contributed by atoms with Crippen molar-refractivity contribution in [2.24, 2.45) is 5.41 Å². The van der Waals surface area contributed by atoms with Gasteiger partial charge in [-0.25, -0.2) is 0 Å². The highest BCUT2D eigenvalue weighted by molar-refractivity contribution is 6.18. The Morgan fingerprint density at radius 3 is 2.26 bits per heavy atom. The Hall–Kier alpha value is -1.23. The number of nitrogens with one attached hydrogen (secondary N) is 1. The fourth-order valence-corrected chi connectivity index (χ4v) is 2.80. The van der Waals surface area contributed by atoms with Crippen molar-refractivity contribution in [3.05, 3.63) is 6.07 Å². The van der Waals surface area contributed by atoms with Crippen molar-refractivity contribution >= 4 is 17.5 Å². The van der Waals surface area contributed by atoms with Crippen LogP contribution in [-0.2, 0) is 0 Å². The summed E-state index contributed by atoms with van der Waals surface area (Å²) in [6.07, 6.45) is 4.81. The van der Waals surface area contributed by atoms with E-state index < -0.39 is 0 Å². The Kier molecular flexibility index (Phi) is 4.69. The third-order valence-electron chi connectivity index (χ3n) is 3.67. The van der Waals surface area contributed by atoms with Crippen molar-refractivity contribution in [1.29, 1.82) is 0 Å². The molecule has 1 aromatic heterocycles. The number of rotatable bonds is 6. The lowest BCUT2D eigenvalue weighted by Crippen LogP contribution is -2.29. The average Bonchev–Trinajstić information content (AvgIpc) is 2.94. The van der Waals surface area contributed by atoms with Gasteiger partial charge in [0.2, 0.25) is 17.7 Å². The highest BCUT2D eigenvalue weighted by Crippen LogP contribution is 2.39. The number of ether oxygens (including phenoxy) is 2. The van der Waals surface area contributed by atoms with Crippen LogP contribution in [0.2, 0.25) is 0 Å². The molecule has 0 bridgehead atoms. The van der Waals surface area contributed by atoms with E-state index in [1.54, 1.807) is 20.3 Å². The Balaban J connectivity index is 2.06. The fraction of sp³-hybridized carbons (Fsp3) is 0.692. The molecule has 5 nitrogen and oxygen atoms in total. The number of methoxy groups -OCH3 is 2. The van der Waals surface area contributed by atoms with Gasteiger partial charge in [-0.2, -0.15) is 9.97 Å². The van der Waals surface area contributed by atoms with Crippen LogP contribution in [0.4, 0.5) is 5.95 Å². The minimum absolute atomic E-state index is 0.168. The molecule has 1 heterocycles. The molecule has 1 aliphatic rings. The summed E-state index contributed by atoms with van der Waals surface area (Å²) >= 11 is 6.12. The first-order valence-electron chi connectivity index (χ1n) is 6.48. The van der Waals surface area contributed by atoms with Gasteiger partial charge in [0.05, 0.1) is 20.3 Å². The van der Waals surface area contributed by atoms with E-state index in [1.807, 2.05) is 0 Å². The van der Waals surface area contributed by atoms with E-state index in [2.05, 4.69) is 15.3 Å². The summed E-state index contributed by atoms with van der Waals surface area (Å²) in [5.41, 5.74) is 0.168. The van der Waals surface area contributed by atoms with Crippen LogP contribution < -0.4 is 14.8 Å². The first kappa shape index (κ1) is 14.2. The predicted molar refractivity (Wildman–Crippen MR) is 75.2 cm³/mol. The maximum absolute atomic E-state index is 6.12. The van der Waals surface area contributed by atoms with E-state index in [4.69, 9.17) is 21.1 Å². The predicted octanol–water partition coefficient (Wildman–Crippen LogP) is 2.70. The van der Waals surface area contributed by atoms with E-state index in [9.17, 15) is 0 Å². The Morgan fingerprint density at radius 1 is 1.21 bits per heavy atom. The van der Waals surface area contributed by atoms with Crippen LogP contribution in [-0.4, -0.2) is 36.6 Å². The quantitative estimate of drug-likeness (QED) is 0.815. The molecule has 19 heavy (non-hydrogen) atoms. The molecule has 0 aromatic carbocycles. The minimum Gasteiger partial charge on any atom is -0.481 e. The molecule has 1 saturated carbocycles. The third kappa shape index (κ3) is 3.41.